The third-order valence-electron chi connectivity index (χ3n) is 2.81. The number of hydrogen-bond acceptors (Lipinski definition) is 5. The van der Waals surface area contributed by atoms with Crippen LogP contribution in [0.3, 0.4) is 0 Å². The van der Waals surface area contributed by atoms with Crippen LogP contribution in [0.5, 0.6) is 0 Å². The normalized spacial score (nSPS) is 33.8. The van der Waals surface area contributed by atoms with E-state index in [0.29, 0.717) is 6.54 Å². The highest BCUT2D eigenvalue weighted by molar-refractivity contribution is 14.1. The van der Waals surface area contributed by atoms with Gasteiger partial charge in [0.1, 0.15) is 5.25 Å². The summed E-state index contributed by atoms with van der Waals surface area (Å²) >= 11 is 2.12. The van der Waals surface area contributed by atoms with Gasteiger partial charge in [-0.25, -0.2) is 13.6 Å². The van der Waals surface area contributed by atoms with Crippen molar-refractivity contribution in [1.82, 2.24) is 4.90 Å². The van der Waals surface area contributed by atoms with Gasteiger partial charge < -0.3 is 0 Å². The van der Waals surface area contributed by atoms with E-state index in [4.69, 9.17) is 5.14 Å². The Morgan fingerprint density at radius 1 is 1.60 bits per heavy atom. The molecule has 2 atom stereocenters. The maximum atomic E-state index is 11.1. The first kappa shape index (κ1) is 11.7. The van der Waals surface area contributed by atoms with Crippen LogP contribution in [-0.2, 0) is 10.0 Å². The number of rotatable bonds is 4. The third kappa shape index (κ3) is 2.48. The summed E-state index contributed by atoms with van der Waals surface area (Å²) in [4.78, 5) is 2.09. The van der Waals surface area contributed by atoms with Gasteiger partial charge in [0.15, 0.2) is 5.66 Å². The second-order valence-corrected chi connectivity index (χ2v) is 7.22. The van der Waals surface area contributed by atoms with Crippen LogP contribution in [0.4, 0.5) is 0 Å². The van der Waals surface area contributed by atoms with Crippen molar-refractivity contribution < 1.29 is 8.42 Å². The second-order valence-electron chi connectivity index (χ2n) is 4.16. The van der Waals surface area contributed by atoms with Gasteiger partial charge in [-0.1, -0.05) is 22.6 Å². The number of alkyl halides is 1. The molecule has 2 heterocycles. The number of halogens is 1. The number of primary sulfonamides is 1. The first-order valence-corrected chi connectivity index (χ1v) is 7.51. The third-order valence-corrected chi connectivity index (χ3v) is 6.20. The topological polar surface area (TPSA) is 88.1 Å². The number of nitrogens with zero attached hydrogens (tertiary/aromatic N) is 3. The van der Waals surface area contributed by atoms with Gasteiger partial charge in [0.2, 0.25) is 10.0 Å². The molecule has 2 aliphatic rings. The van der Waals surface area contributed by atoms with Crippen molar-refractivity contribution in [2.24, 2.45) is 15.4 Å². The van der Waals surface area contributed by atoms with Gasteiger partial charge in [0, 0.05) is 19.5 Å². The quantitative estimate of drug-likeness (QED) is 0.452. The lowest BCUT2D eigenvalue weighted by molar-refractivity contribution is 0.162. The van der Waals surface area contributed by atoms with Gasteiger partial charge in [0.25, 0.3) is 0 Å². The minimum atomic E-state index is -3.38. The van der Waals surface area contributed by atoms with Crippen LogP contribution in [0, 0.1) is 0 Å². The second kappa shape index (κ2) is 3.60. The fourth-order valence-corrected chi connectivity index (χ4v) is 4.38. The Morgan fingerprint density at radius 2 is 2.20 bits per heavy atom. The smallest absolute Gasteiger partial charge is 0.215 e. The minimum absolute atomic E-state index is 0.0139. The van der Waals surface area contributed by atoms with Gasteiger partial charge in [0.05, 0.1) is 4.05 Å². The molecule has 1 saturated heterocycles. The summed E-state index contributed by atoms with van der Waals surface area (Å²) in [7, 11) is -3.38. The Kier molecular flexibility index (Phi) is 2.81. The van der Waals surface area contributed by atoms with Gasteiger partial charge >= 0.3 is 0 Å². The molecule has 1 fully saturated rings. The lowest BCUT2D eigenvalue weighted by atomic mass is 10.1. The molecule has 2 N–H and O–H groups in total. The molecule has 2 aliphatic heterocycles. The molecule has 0 aliphatic carbocycles. The molecule has 0 radical (unpaired) electrons. The van der Waals surface area contributed by atoms with Gasteiger partial charge in [-0.05, 0) is 6.92 Å². The SMILES string of the molecule is CC1(CCN2CC(S(N)(=O)=O)C2I)N=N1. The van der Waals surface area contributed by atoms with Crippen LogP contribution in [-0.4, -0.2) is 41.4 Å². The van der Waals surface area contributed by atoms with E-state index in [9.17, 15) is 8.42 Å². The Hall–Kier alpha value is 0.200. The van der Waals surface area contributed by atoms with Crippen LogP contribution >= 0.6 is 22.6 Å². The average Bonchev–Trinajstić information content (AvgIpc) is 2.79. The Morgan fingerprint density at radius 3 is 2.60 bits per heavy atom. The zero-order valence-electron chi connectivity index (χ0n) is 8.30. The fraction of sp³-hybridized carbons (Fsp3) is 1.00. The molecule has 6 nitrogen and oxygen atoms in total. The van der Waals surface area contributed by atoms with Crippen molar-refractivity contribution in [3.63, 3.8) is 0 Å². The number of likely N-dealkylation sites (tertiary alicyclic amines) is 1. The molecule has 0 amide bonds. The summed E-state index contributed by atoms with van der Waals surface area (Å²) in [5.74, 6) is 0. The highest BCUT2D eigenvalue weighted by Crippen LogP contribution is 2.34. The molecule has 0 aromatic rings. The molecule has 2 rings (SSSR count). The number of sulfonamides is 1. The number of nitrogens with two attached hydrogens (primary N) is 1. The van der Waals surface area contributed by atoms with Gasteiger partial charge in [-0.15, -0.1) is 0 Å². The molecule has 15 heavy (non-hydrogen) atoms. The Bertz CT molecular complexity index is 390. The van der Waals surface area contributed by atoms with E-state index in [-0.39, 0.29) is 9.71 Å². The molecule has 8 heteroatoms. The maximum Gasteiger partial charge on any atom is 0.215 e. The van der Waals surface area contributed by atoms with Crippen LogP contribution in [0.2, 0.25) is 0 Å². The minimum Gasteiger partial charge on any atom is -0.289 e. The van der Waals surface area contributed by atoms with Crippen LogP contribution in [0.1, 0.15) is 13.3 Å². The summed E-state index contributed by atoms with van der Waals surface area (Å²) in [6.45, 7) is 3.32. The highest BCUT2D eigenvalue weighted by atomic mass is 127. The molecule has 0 aromatic heterocycles. The summed E-state index contributed by atoms with van der Waals surface area (Å²) in [6.07, 6.45) is 0.851. The highest BCUT2D eigenvalue weighted by Gasteiger charge is 2.45. The van der Waals surface area contributed by atoms with Crippen molar-refractivity contribution in [2.75, 3.05) is 13.1 Å². The van der Waals surface area contributed by atoms with E-state index in [0.717, 1.165) is 13.0 Å². The van der Waals surface area contributed by atoms with Crippen molar-refractivity contribution in [3.8, 4) is 0 Å². The van der Waals surface area contributed by atoms with Crippen LogP contribution < -0.4 is 5.14 Å². The summed E-state index contributed by atoms with van der Waals surface area (Å²) < 4.78 is 22.2. The van der Waals surface area contributed by atoms with E-state index < -0.39 is 15.3 Å². The summed E-state index contributed by atoms with van der Waals surface area (Å²) in [5.41, 5.74) is -0.205. The summed E-state index contributed by atoms with van der Waals surface area (Å²) in [6, 6.07) is 0. The number of hydrogen-bond donors (Lipinski definition) is 1. The van der Waals surface area contributed by atoms with Crippen LogP contribution in [0.25, 0.3) is 0 Å². The van der Waals surface area contributed by atoms with E-state index in [1.54, 1.807) is 0 Å². The van der Waals surface area contributed by atoms with Crippen molar-refractivity contribution in [3.05, 3.63) is 0 Å². The lowest BCUT2D eigenvalue weighted by Gasteiger charge is -2.43. The van der Waals surface area contributed by atoms with E-state index >= 15 is 0 Å². The maximum absolute atomic E-state index is 11.1. The van der Waals surface area contributed by atoms with Gasteiger partial charge in [-0.2, -0.15) is 10.2 Å². The molecule has 0 bridgehead atoms. The molecule has 0 spiro atoms. The first-order chi connectivity index (χ1) is 6.82. The Balaban J connectivity index is 1.79. The van der Waals surface area contributed by atoms with E-state index in [1.807, 2.05) is 6.92 Å². The zero-order valence-corrected chi connectivity index (χ0v) is 11.3. The van der Waals surface area contributed by atoms with Crippen LogP contribution in [0.15, 0.2) is 10.2 Å². The van der Waals surface area contributed by atoms with Gasteiger partial charge in [-0.3, -0.25) is 4.90 Å². The van der Waals surface area contributed by atoms with E-state index in [2.05, 4.69) is 37.7 Å². The lowest BCUT2D eigenvalue weighted by Crippen LogP contribution is -2.61. The predicted molar refractivity (Wildman–Crippen MR) is 64.2 cm³/mol. The standard InChI is InChI=1S/C7H13IN4O2S/c1-7(10-11-7)2-3-12-4-5(6(12)8)15(9,13)14/h5-6H,2-4H2,1H3,(H2,9,13,14). The predicted octanol–water partition coefficient (Wildman–Crippen LogP) is 0.292. The Labute approximate surface area is 102 Å². The monoisotopic (exact) mass is 344 g/mol. The molecular weight excluding hydrogens is 331 g/mol. The molecule has 0 saturated carbocycles. The molecule has 2 unspecified atom stereocenters. The summed E-state index contributed by atoms with van der Waals surface area (Å²) in [5, 5.41) is 12.5. The van der Waals surface area contributed by atoms with Crippen molar-refractivity contribution >= 4 is 32.6 Å². The average molecular weight is 344 g/mol. The van der Waals surface area contributed by atoms with E-state index in [1.165, 1.54) is 0 Å². The largest absolute Gasteiger partial charge is 0.289 e. The zero-order chi connectivity index (χ0) is 11.3. The molecule has 86 valence electrons. The molecule has 0 aromatic carbocycles. The molecular formula is C7H13IN4O2S. The fourth-order valence-electron chi connectivity index (χ4n) is 1.53. The van der Waals surface area contributed by atoms with Crippen molar-refractivity contribution in [2.45, 2.75) is 28.3 Å². The first-order valence-electron chi connectivity index (χ1n) is 4.66. The van der Waals surface area contributed by atoms with Crippen molar-refractivity contribution in [1.29, 1.82) is 0 Å².